The van der Waals surface area contributed by atoms with Crippen LogP contribution in [0.15, 0.2) is 46.9 Å². The quantitative estimate of drug-likeness (QED) is 0.419. The molecule has 0 aliphatic carbocycles. The summed E-state index contributed by atoms with van der Waals surface area (Å²) in [7, 11) is 3.10. The number of nitrogens with zero attached hydrogens (tertiary/aromatic N) is 4. The topological polar surface area (TPSA) is 130 Å². The zero-order valence-corrected chi connectivity index (χ0v) is 18.9. The van der Waals surface area contributed by atoms with Gasteiger partial charge in [0.05, 0.1) is 26.3 Å². The first-order chi connectivity index (χ1) is 15.9. The number of benzene rings is 2. The van der Waals surface area contributed by atoms with E-state index in [1.807, 2.05) is 12.1 Å². The van der Waals surface area contributed by atoms with Gasteiger partial charge in [0.2, 0.25) is 5.89 Å². The summed E-state index contributed by atoms with van der Waals surface area (Å²) in [5.41, 5.74) is 7.92. The Morgan fingerprint density at radius 1 is 1.18 bits per heavy atom. The van der Waals surface area contributed by atoms with Crippen molar-refractivity contribution in [2.24, 2.45) is 0 Å². The van der Waals surface area contributed by atoms with E-state index in [0.29, 0.717) is 45.1 Å². The largest absolute Gasteiger partial charge is 0.493 e. The van der Waals surface area contributed by atoms with E-state index in [1.54, 1.807) is 51.5 Å². The fourth-order valence-corrected chi connectivity index (χ4v) is 3.34. The molecule has 170 valence electrons. The molecule has 11 heteroatoms. The van der Waals surface area contributed by atoms with Gasteiger partial charge in [0.25, 0.3) is 5.91 Å². The summed E-state index contributed by atoms with van der Waals surface area (Å²) < 4.78 is 18.1. The SMILES string of the molecule is COc1cccc(-c2nc(Cn3nnc(C(=O)Nc4ccc(Cl)cc4)c3N)c(C)o2)c1OC. The summed E-state index contributed by atoms with van der Waals surface area (Å²) >= 11 is 5.87. The molecule has 4 aromatic rings. The molecule has 0 saturated heterocycles. The average Bonchev–Trinajstić information content (AvgIpc) is 3.37. The summed E-state index contributed by atoms with van der Waals surface area (Å²) in [5.74, 6) is 1.61. The van der Waals surface area contributed by atoms with Gasteiger partial charge in [-0.05, 0) is 43.3 Å². The van der Waals surface area contributed by atoms with E-state index in [9.17, 15) is 4.79 Å². The summed E-state index contributed by atoms with van der Waals surface area (Å²) in [6.45, 7) is 1.94. The molecule has 0 bridgehead atoms. The molecule has 2 aromatic carbocycles. The lowest BCUT2D eigenvalue weighted by molar-refractivity contribution is 0.102. The fraction of sp³-hybridized carbons (Fsp3) is 0.182. The van der Waals surface area contributed by atoms with Gasteiger partial charge in [-0.1, -0.05) is 22.9 Å². The van der Waals surface area contributed by atoms with Gasteiger partial charge in [-0.15, -0.1) is 5.10 Å². The second-order valence-electron chi connectivity index (χ2n) is 7.00. The van der Waals surface area contributed by atoms with Gasteiger partial charge in [-0.2, -0.15) is 0 Å². The predicted molar refractivity (Wildman–Crippen MR) is 123 cm³/mol. The first-order valence-electron chi connectivity index (χ1n) is 9.84. The molecular formula is C22H21ClN6O4. The molecule has 0 atom stereocenters. The summed E-state index contributed by atoms with van der Waals surface area (Å²) in [6, 6.07) is 12.1. The van der Waals surface area contributed by atoms with E-state index in [0.717, 1.165) is 0 Å². The molecule has 2 heterocycles. The third-order valence-corrected chi connectivity index (χ3v) is 5.17. The smallest absolute Gasteiger partial charge is 0.280 e. The predicted octanol–water partition coefficient (Wildman–Crippen LogP) is 3.79. The van der Waals surface area contributed by atoms with Crippen LogP contribution in [0.4, 0.5) is 11.5 Å². The minimum atomic E-state index is -0.486. The summed E-state index contributed by atoms with van der Waals surface area (Å²) in [5, 5.41) is 11.2. The number of oxazole rings is 1. The second-order valence-corrected chi connectivity index (χ2v) is 7.44. The van der Waals surface area contributed by atoms with Crippen LogP contribution in [-0.2, 0) is 6.54 Å². The zero-order valence-electron chi connectivity index (χ0n) is 18.1. The molecule has 0 unspecified atom stereocenters. The van der Waals surface area contributed by atoms with Crippen LogP contribution in [0, 0.1) is 6.92 Å². The number of methoxy groups -OCH3 is 2. The highest BCUT2D eigenvalue weighted by atomic mass is 35.5. The van der Waals surface area contributed by atoms with Crippen molar-refractivity contribution in [3.8, 4) is 23.0 Å². The molecule has 4 rings (SSSR count). The number of anilines is 2. The monoisotopic (exact) mass is 468 g/mol. The van der Waals surface area contributed by atoms with Crippen LogP contribution in [0.5, 0.6) is 11.5 Å². The summed E-state index contributed by atoms with van der Waals surface area (Å²) in [6.07, 6.45) is 0. The number of rotatable bonds is 7. The normalized spacial score (nSPS) is 10.8. The van der Waals surface area contributed by atoms with Gasteiger partial charge < -0.3 is 24.9 Å². The van der Waals surface area contributed by atoms with E-state index in [4.69, 9.17) is 31.2 Å². The lowest BCUT2D eigenvalue weighted by atomic mass is 10.2. The Hall–Kier alpha value is -4.05. The minimum absolute atomic E-state index is 0.000728. The van der Waals surface area contributed by atoms with Crippen LogP contribution in [0.1, 0.15) is 21.9 Å². The van der Waals surface area contributed by atoms with Crippen molar-refractivity contribution in [1.29, 1.82) is 0 Å². The van der Waals surface area contributed by atoms with Gasteiger partial charge in [0.1, 0.15) is 11.5 Å². The van der Waals surface area contributed by atoms with Crippen molar-refractivity contribution in [1.82, 2.24) is 20.0 Å². The van der Waals surface area contributed by atoms with Crippen molar-refractivity contribution >= 4 is 29.0 Å². The number of amides is 1. The molecule has 0 radical (unpaired) electrons. The number of nitrogens with one attached hydrogen (secondary N) is 1. The average molecular weight is 469 g/mol. The van der Waals surface area contributed by atoms with E-state index in [1.165, 1.54) is 4.68 Å². The van der Waals surface area contributed by atoms with Crippen LogP contribution < -0.4 is 20.5 Å². The van der Waals surface area contributed by atoms with E-state index >= 15 is 0 Å². The zero-order chi connectivity index (χ0) is 23.5. The van der Waals surface area contributed by atoms with Crippen LogP contribution >= 0.6 is 11.6 Å². The van der Waals surface area contributed by atoms with E-state index in [2.05, 4.69) is 20.6 Å². The fourth-order valence-electron chi connectivity index (χ4n) is 3.21. The lowest BCUT2D eigenvalue weighted by Crippen LogP contribution is -2.15. The standard InChI is InChI=1S/C22H21ClN6O4/c1-12-16(26-22(33-12)15-5-4-6-17(31-2)19(15)32-3)11-29-20(24)18(27-28-29)21(30)25-14-9-7-13(23)8-10-14/h4-10H,11,24H2,1-3H3,(H,25,30). The highest BCUT2D eigenvalue weighted by Gasteiger charge is 2.22. The molecule has 3 N–H and O–H groups in total. The number of para-hydroxylation sites is 1. The number of aromatic nitrogens is 4. The molecule has 0 saturated carbocycles. The Bertz CT molecular complexity index is 1300. The Kier molecular flexibility index (Phi) is 6.18. The Balaban J connectivity index is 1.56. The molecule has 33 heavy (non-hydrogen) atoms. The van der Waals surface area contributed by atoms with Crippen molar-refractivity contribution < 1.29 is 18.7 Å². The number of carbonyl (C=O) groups is 1. The summed E-state index contributed by atoms with van der Waals surface area (Å²) in [4.78, 5) is 17.1. The first kappa shape index (κ1) is 22.2. The van der Waals surface area contributed by atoms with Crippen LogP contribution in [-0.4, -0.2) is 40.1 Å². The number of carbonyl (C=O) groups excluding carboxylic acids is 1. The molecule has 1 amide bonds. The van der Waals surface area contributed by atoms with Crippen LogP contribution in [0.3, 0.4) is 0 Å². The minimum Gasteiger partial charge on any atom is -0.493 e. The Labute approximate surface area is 194 Å². The number of hydrogen-bond donors (Lipinski definition) is 2. The van der Waals surface area contributed by atoms with Gasteiger partial charge in [0.15, 0.2) is 23.0 Å². The second kappa shape index (κ2) is 9.21. The van der Waals surface area contributed by atoms with Crippen LogP contribution in [0.25, 0.3) is 11.5 Å². The third kappa shape index (κ3) is 4.46. The Morgan fingerprint density at radius 3 is 2.64 bits per heavy atom. The highest BCUT2D eigenvalue weighted by molar-refractivity contribution is 6.30. The number of halogens is 1. The Morgan fingerprint density at radius 2 is 1.94 bits per heavy atom. The van der Waals surface area contributed by atoms with E-state index in [-0.39, 0.29) is 18.1 Å². The first-order valence-corrected chi connectivity index (χ1v) is 10.2. The number of ether oxygens (including phenoxy) is 2. The van der Waals surface area contributed by atoms with Gasteiger partial charge in [0, 0.05) is 10.7 Å². The molecule has 0 spiro atoms. The van der Waals surface area contributed by atoms with Crippen LogP contribution in [0.2, 0.25) is 5.02 Å². The van der Waals surface area contributed by atoms with Gasteiger partial charge in [-0.3, -0.25) is 4.79 Å². The number of nitrogen functional groups attached to an aromatic ring is 1. The van der Waals surface area contributed by atoms with Gasteiger partial charge >= 0.3 is 0 Å². The number of nitrogens with two attached hydrogens (primary N) is 1. The molecule has 0 aliphatic heterocycles. The van der Waals surface area contributed by atoms with Crippen molar-refractivity contribution in [3.63, 3.8) is 0 Å². The molecule has 2 aromatic heterocycles. The molecule has 10 nitrogen and oxygen atoms in total. The number of aryl methyl sites for hydroxylation is 1. The van der Waals surface area contributed by atoms with Crippen molar-refractivity contribution in [3.05, 3.63) is 64.6 Å². The maximum absolute atomic E-state index is 12.6. The number of hydrogen-bond acceptors (Lipinski definition) is 8. The van der Waals surface area contributed by atoms with E-state index < -0.39 is 5.91 Å². The maximum Gasteiger partial charge on any atom is 0.280 e. The van der Waals surface area contributed by atoms with Crippen molar-refractivity contribution in [2.45, 2.75) is 13.5 Å². The van der Waals surface area contributed by atoms with Crippen molar-refractivity contribution in [2.75, 3.05) is 25.3 Å². The molecule has 0 fully saturated rings. The molecular weight excluding hydrogens is 448 g/mol. The molecule has 0 aliphatic rings. The maximum atomic E-state index is 12.6. The van der Waals surface area contributed by atoms with Gasteiger partial charge in [-0.25, -0.2) is 9.67 Å². The third-order valence-electron chi connectivity index (χ3n) is 4.92. The lowest BCUT2D eigenvalue weighted by Gasteiger charge is -2.09. The highest BCUT2D eigenvalue weighted by Crippen LogP contribution is 2.38.